The molecule has 0 atom stereocenters. The Hall–Kier alpha value is -5.53. The molecule has 196 valence electrons. The van der Waals surface area contributed by atoms with Crippen molar-refractivity contribution in [2.24, 2.45) is 0 Å². The first-order valence-corrected chi connectivity index (χ1v) is 14.4. The van der Waals surface area contributed by atoms with Crippen molar-refractivity contribution in [3.8, 4) is 22.3 Å². The highest BCUT2D eigenvalue weighted by Crippen LogP contribution is 2.47. The molecule has 42 heavy (non-hydrogen) atoms. The maximum atomic E-state index is 4.18. The van der Waals surface area contributed by atoms with Gasteiger partial charge in [-0.2, -0.15) is 0 Å². The zero-order valence-corrected chi connectivity index (χ0v) is 23.0. The van der Waals surface area contributed by atoms with Crippen molar-refractivity contribution < 1.29 is 0 Å². The summed E-state index contributed by atoms with van der Waals surface area (Å²) in [6, 6.07) is 56.3. The van der Waals surface area contributed by atoms with Crippen molar-refractivity contribution in [2.75, 3.05) is 0 Å². The molecule has 9 rings (SSSR count). The number of para-hydroxylation sites is 1. The highest BCUT2D eigenvalue weighted by Gasteiger charge is 2.19. The molecule has 0 saturated carbocycles. The smallest absolute Gasteiger partial charge is 0.0701 e. The third-order valence-corrected chi connectivity index (χ3v) is 8.29. The van der Waals surface area contributed by atoms with Gasteiger partial charge in [0.15, 0.2) is 0 Å². The molecule has 1 aromatic heterocycles. The molecule has 1 nitrogen and oxygen atoms in total. The van der Waals surface area contributed by atoms with Crippen molar-refractivity contribution >= 4 is 54.0 Å². The van der Waals surface area contributed by atoms with Crippen LogP contribution in [-0.2, 0) is 0 Å². The molecule has 0 aliphatic rings. The first-order chi connectivity index (χ1) is 20.9. The van der Waals surface area contributed by atoms with Crippen LogP contribution in [0.5, 0.6) is 0 Å². The molecular formula is C41H27N. The second kappa shape index (κ2) is 10.1. The summed E-state index contributed by atoms with van der Waals surface area (Å²) in [5, 5.41) is 11.9. The van der Waals surface area contributed by atoms with Crippen LogP contribution < -0.4 is 0 Å². The normalized spacial score (nSPS) is 11.3. The number of aromatic nitrogens is 1. The van der Waals surface area contributed by atoms with Crippen molar-refractivity contribution in [2.45, 2.75) is 0 Å². The van der Waals surface area contributed by atoms with Gasteiger partial charge in [0, 0.05) is 11.6 Å². The SMILES string of the molecule is c1ccc(-c2cc3cccc4c5cccc6cccc(c(c2-c2ccccc2)c34)c65)cc1.c1ccc2ncccc2c1. The highest BCUT2D eigenvalue weighted by atomic mass is 14.6. The highest BCUT2D eigenvalue weighted by molar-refractivity contribution is 6.36. The molecule has 0 saturated heterocycles. The Bertz CT molecular complexity index is 2270. The Balaban J connectivity index is 0.000000226. The molecule has 0 N–H and O–H groups in total. The number of benzene rings is 8. The van der Waals surface area contributed by atoms with E-state index in [1.54, 1.807) is 0 Å². The van der Waals surface area contributed by atoms with Gasteiger partial charge in [-0.1, -0.05) is 140 Å². The van der Waals surface area contributed by atoms with Crippen LogP contribution in [0.4, 0.5) is 0 Å². The number of fused-ring (bicyclic) bond motifs is 3. The Kier molecular flexibility index (Phi) is 5.86. The topological polar surface area (TPSA) is 12.9 Å². The fourth-order valence-electron chi connectivity index (χ4n) is 6.49. The van der Waals surface area contributed by atoms with Gasteiger partial charge < -0.3 is 0 Å². The van der Waals surface area contributed by atoms with Gasteiger partial charge >= 0.3 is 0 Å². The quantitative estimate of drug-likeness (QED) is 0.159. The van der Waals surface area contributed by atoms with Crippen LogP contribution >= 0.6 is 0 Å². The molecule has 1 heteroatoms. The van der Waals surface area contributed by atoms with E-state index in [4.69, 9.17) is 0 Å². The molecule has 1 heterocycles. The van der Waals surface area contributed by atoms with Crippen LogP contribution in [0, 0.1) is 0 Å². The van der Waals surface area contributed by atoms with Crippen LogP contribution in [-0.4, -0.2) is 4.98 Å². The number of hydrogen-bond donors (Lipinski definition) is 0. The van der Waals surface area contributed by atoms with E-state index in [0.717, 1.165) is 5.52 Å². The van der Waals surface area contributed by atoms with Crippen LogP contribution in [0.15, 0.2) is 164 Å². The van der Waals surface area contributed by atoms with E-state index in [1.165, 1.54) is 70.7 Å². The second-order valence-electron chi connectivity index (χ2n) is 10.7. The third-order valence-electron chi connectivity index (χ3n) is 8.29. The van der Waals surface area contributed by atoms with Crippen molar-refractivity contribution in [1.29, 1.82) is 0 Å². The number of rotatable bonds is 2. The summed E-state index contributed by atoms with van der Waals surface area (Å²) in [5.41, 5.74) is 6.17. The van der Waals surface area contributed by atoms with Crippen LogP contribution in [0.3, 0.4) is 0 Å². The molecule has 8 aromatic carbocycles. The van der Waals surface area contributed by atoms with Gasteiger partial charge in [-0.3, -0.25) is 4.98 Å². The van der Waals surface area contributed by atoms with E-state index < -0.39 is 0 Å². The zero-order valence-electron chi connectivity index (χ0n) is 23.0. The Morgan fingerprint density at radius 1 is 0.357 bits per heavy atom. The standard InChI is InChI=1S/C32H20.C9H7N/c1-3-10-21(11-4-1)28-20-24-16-9-18-26-25-17-7-14-22-15-8-19-27(29(22)25)32(31(24)26)30(28)23-12-5-2-6-13-23;1-2-6-9-8(4-1)5-3-7-10-9/h1-20H;1-7H. The van der Waals surface area contributed by atoms with Gasteiger partial charge in [0.1, 0.15) is 0 Å². The van der Waals surface area contributed by atoms with E-state index in [0.29, 0.717) is 0 Å². The fraction of sp³-hybridized carbons (Fsp3) is 0. The Morgan fingerprint density at radius 2 is 0.929 bits per heavy atom. The average molecular weight is 534 g/mol. The number of nitrogens with zero attached hydrogens (tertiary/aromatic N) is 1. The van der Waals surface area contributed by atoms with Crippen LogP contribution in [0.1, 0.15) is 0 Å². The average Bonchev–Trinajstić information content (AvgIpc) is 3.07. The Labute approximate surface area is 244 Å². The lowest BCUT2D eigenvalue weighted by molar-refractivity contribution is 1.41. The van der Waals surface area contributed by atoms with Gasteiger partial charge in [-0.25, -0.2) is 0 Å². The summed E-state index contributed by atoms with van der Waals surface area (Å²) in [6.45, 7) is 0. The molecule has 0 amide bonds. The minimum absolute atomic E-state index is 1.06. The van der Waals surface area contributed by atoms with E-state index in [1.807, 2.05) is 30.5 Å². The molecule has 0 radical (unpaired) electrons. The fourth-order valence-corrected chi connectivity index (χ4v) is 6.49. The summed E-state index contributed by atoms with van der Waals surface area (Å²) in [6.07, 6.45) is 1.81. The number of hydrogen-bond acceptors (Lipinski definition) is 1. The third kappa shape index (κ3) is 3.98. The minimum atomic E-state index is 1.06. The molecule has 0 unspecified atom stereocenters. The summed E-state index contributed by atoms with van der Waals surface area (Å²) < 4.78 is 0. The van der Waals surface area contributed by atoms with Gasteiger partial charge in [0.05, 0.1) is 5.52 Å². The van der Waals surface area contributed by atoms with E-state index in [2.05, 4.69) is 138 Å². The zero-order chi connectivity index (χ0) is 27.9. The predicted octanol–water partition coefficient (Wildman–Crippen LogP) is 11.3. The van der Waals surface area contributed by atoms with Gasteiger partial charge in [0.2, 0.25) is 0 Å². The van der Waals surface area contributed by atoms with Crippen molar-refractivity contribution in [3.05, 3.63) is 164 Å². The summed E-state index contributed by atoms with van der Waals surface area (Å²) in [7, 11) is 0. The molecule has 0 aliphatic heterocycles. The molecular weight excluding hydrogens is 506 g/mol. The Morgan fingerprint density at radius 3 is 1.67 bits per heavy atom. The first kappa shape index (κ1) is 24.3. The maximum absolute atomic E-state index is 4.18. The number of pyridine rings is 1. The molecule has 0 fully saturated rings. The van der Waals surface area contributed by atoms with E-state index >= 15 is 0 Å². The van der Waals surface area contributed by atoms with Gasteiger partial charge in [-0.05, 0) is 83.5 Å². The summed E-state index contributed by atoms with van der Waals surface area (Å²) in [4.78, 5) is 4.18. The van der Waals surface area contributed by atoms with E-state index in [9.17, 15) is 0 Å². The first-order valence-electron chi connectivity index (χ1n) is 14.4. The second-order valence-corrected chi connectivity index (χ2v) is 10.7. The lowest BCUT2D eigenvalue weighted by Gasteiger charge is -2.20. The maximum Gasteiger partial charge on any atom is 0.0701 e. The summed E-state index contributed by atoms with van der Waals surface area (Å²) in [5.74, 6) is 0. The van der Waals surface area contributed by atoms with Gasteiger partial charge in [-0.15, -0.1) is 0 Å². The van der Waals surface area contributed by atoms with E-state index in [-0.39, 0.29) is 0 Å². The lowest BCUT2D eigenvalue weighted by atomic mass is 9.82. The molecule has 0 aliphatic carbocycles. The van der Waals surface area contributed by atoms with Crippen LogP contribution in [0.2, 0.25) is 0 Å². The van der Waals surface area contributed by atoms with Crippen LogP contribution in [0.25, 0.3) is 76.2 Å². The van der Waals surface area contributed by atoms with Crippen molar-refractivity contribution in [1.82, 2.24) is 4.98 Å². The lowest BCUT2D eigenvalue weighted by Crippen LogP contribution is -1.93. The monoisotopic (exact) mass is 533 g/mol. The summed E-state index contributed by atoms with van der Waals surface area (Å²) >= 11 is 0. The molecule has 9 aromatic rings. The van der Waals surface area contributed by atoms with Gasteiger partial charge in [0.25, 0.3) is 0 Å². The van der Waals surface area contributed by atoms with Crippen molar-refractivity contribution in [3.63, 3.8) is 0 Å². The largest absolute Gasteiger partial charge is 0.256 e. The minimum Gasteiger partial charge on any atom is -0.256 e. The molecule has 0 spiro atoms. The predicted molar refractivity (Wildman–Crippen MR) is 180 cm³/mol. The molecule has 0 bridgehead atoms.